The van der Waals surface area contributed by atoms with Gasteiger partial charge in [-0.25, -0.2) is 4.98 Å². The SMILES string of the molecule is C[C@]1(CO)Nc2c(cnc3[nH]cc(C(=O)c4ccc(Oc5ccccc5)cc4Cl)c23)NC1=O. The summed E-state index contributed by atoms with van der Waals surface area (Å²) in [7, 11) is 0. The number of nitrogens with zero attached hydrogens (tertiary/aromatic N) is 1. The number of anilines is 2. The van der Waals surface area contributed by atoms with E-state index < -0.39 is 12.1 Å². The van der Waals surface area contributed by atoms with E-state index >= 15 is 0 Å². The molecule has 1 amide bonds. The zero-order valence-electron chi connectivity index (χ0n) is 17.5. The summed E-state index contributed by atoms with van der Waals surface area (Å²) >= 11 is 6.46. The van der Waals surface area contributed by atoms with Crippen molar-refractivity contribution in [2.45, 2.75) is 12.5 Å². The third kappa shape index (κ3) is 3.59. The molecule has 0 radical (unpaired) electrons. The zero-order chi connectivity index (χ0) is 23.2. The number of ketones is 1. The molecule has 1 atom stereocenters. The van der Waals surface area contributed by atoms with Gasteiger partial charge in [0.05, 0.1) is 40.2 Å². The number of aliphatic hydroxyl groups excluding tert-OH is 1. The van der Waals surface area contributed by atoms with E-state index in [1.807, 2.05) is 30.3 Å². The molecule has 2 aromatic heterocycles. The van der Waals surface area contributed by atoms with Gasteiger partial charge in [0, 0.05) is 17.8 Å². The predicted molar refractivity (Wildman–Crippen MR) is 125 cm³/mol. The van der Waals surface area contributed by atoms with Crippen LogP contribution >= 0.6 is 11.6 Å². The molecule has 9 heteroatoms. The summed E-state index contributed by atoms with van der Waals surface area (Å²) in [6.45, 7) is 1.15. The number of halogens is 1. The van der Waals surface area contributed by atoms with Gasteiger partial charge in [-0.1, -0.05) is 29.8 Å². The second-order valence-corrected chi connectivity index (χ2v) is 8.34. The Morgan fingerprint density at radius 2 is 1.94 bits per heavy atom. The maximum Gasteiger partial charge on any atom is 0.252 e. The maximum atomic E-state index is 13.5. The van der Waals surface area contributed by atoms with Gasteiger partial charge in [-0.3, -0.25) is 9.59 Å². The van der Waals surface area contributed by atoms with E-state index in [1.54, 1.807) is 31.3 Å². The van der Waals surface area contributed by atoms with Crippen molar-refractivity contribution in [3.63, 3.8) is 0 Å². The van der Waals surface area contributed by atoms with E-state index in [-0.39, 0.29) is 16.7 Å². The van der Waals surface area contributed by atoms with Crippen molar-refractivity contribution >= 4 is 45.7 Å². The van der Waals surface area contributed by atoms with Crippen LogP contribution in [-0.2, 0) is 4.79 Å². The molecule has 3 heterocycles. The molecular formula is C24H19ClN4O4. The lowest BCUT2D eigenvalue weighted by Crippen LogP contribution is -2.53. The van der Waals surface area contributed by atoms with Crippen LogP contribution in [0.2, 0.25) is 5.02 Å². The molecule has 2 aromatic carbocycles. The van der Waals surface area contributed by atoms with E-state index in [4.69, 9.17) is 16.3 Å². The van der Waals surface area contributed by atoms with Crippen molar-refractivity contribution in [3.05, 3.63) is 77.1 Å². The highest BCUT2D eigenvalue weighted by Crippen LogP contribution is 2.39. The Morgan fingerprint density at radius 1 is 1.15 bits per heavy atom. The Labute approximate surface area is 193 Å². The standard InChI is InChI=1S/C24H19ClN4O4/c1-24(12-30)23(32)28-18-11-27-22-19(20(18)29-24)16(10-26-22)21(31)15-8-7-14(9-17(15)25)33-13-5-3-2-4-6-13/h2-11,29-30H,12H2,1H3,(H,26,27)(H,28,32)/t24-/m1/s1. The first-order valence-corrected chi connectivity index (χ1v) is 10.5. The second-order valence-electron chi connectivity index (χ2n) is 7.93. The van der Waals surface area contributed by atoms with Crippen molar-refractivity contribution in [1.29, 1.82) is 0 Å². The van der Waals surface area contributed by atoms with Gasteiger partial charge >= 0.3 is 0 Å². The number of rotatable bonds is 5. The minimum absolute atomic E-state index is 0.238. The Balaban J connectivity index is 1.53. The molecule has 0 aliphatic carbocycles. The van der Waals surface area contributed by atoms with Gasteiger partial charge in [-0.05, 0) is 31.2 Å². The highest BCUT2D eigenvalue weighted by Gasteiger charge is 2.39. The number of amides is 1. The zero-order valence-corrected chi connectivity index (χ0v) is 18.2. The number of ether oxygens (including phenoxy) is 1. The number of carbonyl (C=O) groups is 2. The van der Waals surface area contributed by atoms with Crippen LogP contribution in [0.1, 0.15) is 22.8 Å². The Hall–Kier alpha value is -3.88. The molecule has 8 nitrogen and oxygen atoms in total. The van der Waals surface area contributed by atoms with Crippen LogP contribution in [0.5, 0.6) is 11.5 Å². The van der Waals surface area contributed by atoms with Gasteiger partial charge < -0.3 is 25.5 Å². The number of aromatic amines is 1. The van der Waals surface area contributed by atoms with Gasteiger partial charge in [0.15, 0.2) is 5.78 Å². The molecule has 33 heavy (non-hydrogen) atoms. The molecule has 166 valence electrons. The lowest BCUT2D eigenvalue weighted by molar-refractivity contribution is -0.121. The van der Waals surface area contributed by atoms with Gasteiger partial charge in [-0.2, -0.15) is 0 Å². The molecule has 4 aromatic rings. The van der Waals surface area contributed by atoms with Crippen LogP contribution < -0.4 is 15.4 Å². The molecule has 1 aliphatic heterocycles. The molecule has 0 fully saturated rings. The van der Waals surface area contributed by atoms with E-state index in [9.17, 15) is 14.7 Å². The summed E-state index contributed by atoms with van der Waals surface area (Å²) in [5, 5.41) is 16.3. The Bertz CT molecular complexity index is 1400. The summed E-state index contributed by atoms with van der Waals surface area (Å²) in [6.07, 6.45) is 3.05. The van der Waals surface area contributed by atoms with Gasteiger partial charge in [-0.15, -0.1) is 0 Å². The number of pyridine rings is 1. The highest BCUT2D eigenvalue weighted by atomic mass is 35.5. The number of benzene rings is 2. The Morgan fingerprint density at radius 3 is 2.67 bits per heavy atom. The number of para-hydroxylation sites is 1. The van der Waals surface area contributed by atoms with Gasteiger partial charge in [0.1, 0.15) is 22.7 Å². The van der Waals surface area contributed by atoms with Crippen LogP contribution in [0.25, 0.3) is 11.0 Å². The summed E-state index contributed by atoms with van der Waals surface area (Å²) in [6, 6.07) is 14.1. The molecule has 4 N–H and O–H groups in total. The molecule has 0 unspecified atom stereocenters. The minimum Gasteiger partial charge on any atom is -0.457 e. The van der Waals surface area contributed by atoms with Crippen LogP contribution in [0.4, 0.5) is 11.4 Å². The normalized spacial score (nSPS) is 17.2. The van der Waals surface area contributed by atoms with E-state index in [0.29, 0.717) is 45.0 Å². The minimum atomic E-state index is -1.24. The highest BCUT2D eigenvalue weighted by molar-refractivity contribution is 6.36. The Kier molecular flexibility index (Phi) is 5.03. The summed E-state index contributed by atoms with van der Waals surface area (Å²) in [5.41, 5.74) is 0.761. The van der Waals surface area contributed by atoms with Crippen molar-refractivity contribution < 1.29 is 19.4 Å². The smallest absolute Gasteiger partial charge is 0.252 e. The third-order valence-corrected chi connectivity index (χ3v) is 5.89. The van der Waals surface area contributed by atoms with E-state index in [1.165, 1.54) is 6.20 Å². The number of hydrogen-bond donors (Lipinski definition) is 4. The van der Waals surface area contributed by atoms with Crippen molar-refractivity contribution in [2.24, 2.45) is 0 Å². The number of hydrogen-bond acceptors (Lipinski definition) is 6. The number of aromatic nitrogens is 2. The largest absolute Gasteiger partial charge is 0.457 e. The predicted octanol–water partition coefficient (Wildman–Crippen LogP) is 4.35. The number of aliphatic hydroxyl groups is 1. The summed E-state index contributed by atoms with van der Waals surface area (Å²) in [5.74, 6) is 0.446. The fourth-order valence-corrected chi connectivity index (χ4v) is 3.97. The monoisotopic (exact) mass is 462 g/mol. The lowest BCUT2D eigenvalue weighted by Gasteiger charge is -2.34. The molecule has 0 spiro atoms. The first-order valence-electron chi connectivity index (χ1n) is 10.2. The summed E-state index contributed by atoms with van der Waals surface area (Å²) in [4.78, 5) is 33.1. The van der Waals surface area contributed by atoms with Crippen molar-refractivity contribution in [1.82, 2.24) is 9.97 Å². The fraction of sp³-hybridized carbons (Fsp3) is 0.125. The second kappa shape index (κ2) is 7.91. The number of fused-ring (bicyclic) bond motifs is 3. The third-order valence-electron chi connectivity index (χ3n) is 5.58. The molecule has 0 saturated carbocycles. The first kappa shape index (κ1) is 21.0. The molecule has 5 rings (SSSR count). The van der Waals surface area contributed by atoms with Crippen LogP contribution in [0.3, 0.4) is 0 Å². The van der Waals surface area contributed by atoms with Crippen molar-refractivity contribution in [2.75, 3.05) is 17.2 Å². The van der Waals surface area contributed by atoms with Crippen LogP contribution in [-0.4, -0.2) is 38.9 Å². The number of H-pyrrole nitrogens is 1. The molecule has 1 aliphatic rings. The molecule has 0 saturated heterocycles. The number of nitrogens with one attached hydrogen (secondary N) is 3. The quantitative estimate of drug-likeness (QED) is 0.327. The average molecular weight is 463 g/mol. The van der Waals surface area contributed by atoms with Gasteiger partial charge in [0.2, 0.25) is 0 Å². The van der Waals surface area contributed by atoms with E-state index in [2.05, 4.69) is 20.6 Å². The molecular weight excluding hydrogens is 444 g/mol. The average Bonchev–Trinajstić information content (AvgIpc) is 3.25. The fourth-order valence-electron chi connectivity index (χ4n) is 3.72. The lowest BCUT2D eigenvalue weighted by atomic mass is 9.96. The molecule has 0 bridgehead atoms. The van der Waals surface area contributed by atoms with Crippen LogP contribution in [0.15, 0.2) is 60.9 Å². The maximum absolute atomic E-state index is 13.5. The van der Waals surface area contributed by atoms with Crippen molar-refractivity contribution in [3.8, 4) is 11.5 Å². The summed E-state index contributed by atoms with van der Waals surface area (Å²) < 4.78 is 5.79. The number of carbonyl (C=O) groups excluding carboxylic acids is 2. The van der Waals surface area contributed by atoms with Gasteiger partial charge in [0.25, 0.3) is 5.91 Å². The topological polar surface area (TPSA) is 116 Å². The first-order chi connectivity index (χ1) is 15.9. The van der Waals surface area contributed by atoms with E-state index in [0.717, 1.165) is 0 Å². The van der Waals surface area contributed by atoms with Crippen LogP contribution in [0, 0.1) is 0 Å².